The van der Waals surface area contributed by atoms with Crippen LogP contribution in [0.1, 0.15) is 10.4 Å². The lowest BCUT2D eigenvalue weighted by Crippen LogP contribution is -2.25. The number of hydrogen-bond donors (Lipinski definition) is 2. The normalized spacial score (nSPS) is 12.7. The van der Waals surface area contributed by atoms with E-state index in [-0.39, 0.29) is 12.5 Å². The lowest BCUT2D eigenvalue weighted by molar-refractivity contribution is -0.118. The zero-order valence-corrected chi connectivity index (χ0v) is 15.4. The maximum absolute atomic E-state index is 11.6. The number of nitrogens with one attached hydrogen (secondary N) is 1. The number of rotatable bonds is 4. The molecular weight excluding hydrogens is 360 g/mol. The molecule has 28 heavy (non-hydrogen) atoms. The molecule has 1 aliphatic rings. The fourth-order valence-electron chi connectivity index (χ4n) is 3.24. The van der Waals surface area contributed by atoms with Crippen LogP contribution < -0.4 is 20.5 Å². The summed E-state index contributed by atoms with van der Waals surface area (Å²) < 4.78 is 12.9. The number of carbonyl (C=O) groups excluding carboxylic acids is 2. The maximum atomic E-state index is 11.6. The number of fused-ring (bicyclic) bond motifs is 1. The molecule has 2 heterocycles. The summed E-state index contributed by atoms with van der Waals surface area (Å²) in [6.07, 6.45) is 1.68. The minimum absolute atomic E-state index is 0.0246. The first-order chi connectivity index (χ1) is 13.5. The summed E-state index contributed by atoms with van der Waals surface area (Å²) in [5.41, 5.74) is 9.37. The first-order valence-electron chi connectivity index (χ1n) is 8.54. The third-order valence-electron chi connectivity index (χ3n) is 4.56. The van der Waals surface area contributed by atoms with Crippen LogP contribution in [-0.4, -0.2) is 35.1 Å². The van der Waals surface area contributed by atoms with E-state index in [4.69, 9.17) is 15.2 Å². The number of amides is 2. The third-order valence-corrected chi connectivity index (χ3v) is 4.56. The van der Waals surface area contributed by atoms with Crippen LogP contribution in [0.5, 0.6) is 11.5 Å². The van der Waals surface area contributed by atoms with Gasteiger partial charge < -0.3 is 25.1 Å². The molecular formula is C20H18N4O4. The molecule has 0 atom stereocenters. The van der Waals surface area contributed by atoms with Gasteiger partial charge >= 0.3 is 0 Å². The van der Waals surface area contributed by atoms with E-state index in [0.29, 0.717) is 34.0 Å². The molecule has 1 aromatic heterocycles. The molecule has 0 unspecified atom stereocenters. The molecule has 0 aliphatic carbocycles. The van der Waals surface area contributed by atoms with Gasteiger partial charge in [-0.25, -0.2) is 4.98 Å². The van der Waals surface area contributed by atoms with Crippen molar-refractivity contribution in [2.24, 2.45) is 12.8 Å². The van der Waals surface area contributed by atoms with Crippen molar-refractivity contribution in [1.82, 2.24) is 9.55 Å². The Labute approximate surface area is 160 Å². The number of hydrogen-bond acceptors (Lipinski definition) is 5. The number of imidazole rings is 1. The fraction of sp³-hybridized carbons (Fsp3) is 0.150. The monoisotopic (exact) mass is 378 g/mol. The number of anilines is 1. The van der Waals surface area contributed by atoms with Crippen LogP contribution in [0.3, 0.4) is 0 Å². The summed E-state index contributed by atoms with van der Waals surface area (Å²) in [5, 5.41) is 2.77. The van der Waals surface area contributed by atoms with Crippen LogP contribution in [0.4, 0.5) is 5.69 Å². The quantitative estimate of drug-likeness (QED) is 0.723. The Morgan fingerprint density at radius 1 is 1.29 bits per heavy atom. The van der Waals surface area contributed by atoms with Gasteiger partial charge in [-0.05, 0) is 30.3 Å². The van der Waals surface area contributed by atoms with Gasteiger partial charge in [-0.1, -0.05) is 6.07 Å². The maximum Gasteiger partial charge on any atom is 0.262 e. The first kappa shape index (κ1) is 17.6. The first-order valence-corrected chi connectivity index (χ1v) is 8.54. The topological polar surface area (TPSA) is 108 Å². The van der Waals surface area contributed by atoms with Crippen LogP contribution in [0, 0.1) is 0 Å². The summed E-state index contributed by atoms with van der Waals surface area (Å²) in [6, 6.07) is 10.5. The van der Waals surface area contributed by atoms with Crippen molar-refractivity contribution in [3.63, 3.8) is 0 Å². The van der Waals surface area contributed by atoms with Crippen molar-refractivity contribution in [3.8, 4) is 34.0 Å². The van der Waals surface area contributed by atoms with Crippen molar-refractivity contribution in [2.45, 2.75) is 0 Å². The molecule has 0 spiro atoms. The molecule has 3 aromatic rings. The second-order valence-corrected chi connectivity index (χ2v) is 6.38. The smallest absolute Gasteiger partial charge is 0.262 e. The van der Waals surface area contributed by atoms with Crippen LogP contribution >= 0.6 is 0 Å². The van der Waals surface area contributed by atoms with E-state index in [1.165, 1.54) is 0 Å². The van der Waals surface area contributed by atoms with Crippen LogP contribution in [-0.2, 0) is 11.8 Å². The van der Waals surface area contributed by atoms with Crippen molar-refractivity contribution in [1.29, 1.82) is 0 Å². The molecule has 0 saturated carbocycles. The number of methoxy groups -OCH3 is 1. The summed E-state index contributed by atoms with van der Waals surface area (Å²) >= 11 is 0. The van der Waals surface area contributed by atoms with Gasteiger partial charge in [-0.15, -0.1) is 0 Å². The van der Waals surface area contributed by atoms with Gasteiger partial charge in [-0.2, -0.15) is 0 Å². The molecule has 8 heteroatoms. The van der Waals surface area contributed by atoms with Gasteiger partial charge in [0.25, 0.3) is 5.91 Å². The highest BCUT2D eigenvalue weighted by molar-refractivity contribution is 5.97. The zero-order chi connectivity index (χ0) is 19.8. The van der Waals surface area contributed by atoms with Gasteiger partial charge in [0.1, 0.15) is 17.2 Å². The van der Waals surface area contributed by atoms with E-state index < -0.39 is 5.91 Å². The second kappa shape index (κ2) is 6.73. The van der Waals surface area contributed by atoms with E-state index >= 15 is 0 Å². The molecule has 0 fully saturated rings. The molecule has 0 radical (unpaired) electrons. The van der Waals surface area contributed by atoms with Crippen molar-refractivity contribution in [2.75, 3.05) is 19.0 Å². The minimum Gasteiger partial charge on any atom is -0.496 e. The highest BCUT2D eigenvalue weighted by Crippen LogP contribution is 2.39. The molecule has 142 valence electrons. The average Bonchev–Trinajstić information content (AvgIpc) is 3.08. The summed E-state index contributed by atoms with van der Waals surface area (Å²) in [6.45, 7) is -0.0246. The highest BCUT2D eigenvalue weighted by Gasteiger charge is 2.21. The molecule has 1 aliphatic heterocycles. The Morgan fingerprint density at radius 2 is 2.11 bits per heavy atom. The average molecular weight is 378 g/mol. The molecule has 3 N–H and O–H groups in total. The largest absolute Gasteiger partial charge is 0.496 e. The fourth-order valence-corrected chi connectivity index (χ4v) is 3.24. The SMILES string of the molecule is COc1ccc(C(N)=O)cc1-c1ncn(C)c1-c1ccc2c(c1)OCC(=O)N2. The molecule has 0 saturated heterocycles. The predicted octanol–water partition coefficient (Wildman–Crippen LogP) is 2.19. The van der Waals surface area contributed by atoms with Gasteiger partial charge in [0.05, 0.1) is 24.8 Å². The Kier molecular flexibility index (Phi) is 4.23. The van der Waals surface area contributed by atoms with Gasteiger partial charge in [-0.3, -0.25) is 9.59 Å². The highest BCUT2D eigenvalue weighted by atomic mass is 16.5. The van der Waals surface area contributed by atoms with E-state index in [1.54, 1.807) is 37.7 Å². The Morgan fingerprint density at radius 3 is 2.86 bits per heavy atom. The molecule has 2 amide bonds. The minimum atomic E-state index is -0.528. The summed E-state index contributed by atoms with van der Waals surface area (Å²) in [4.78, 5) is 27.6. The lowest BCUT2D eigenvalue weighted by atomic mass is 10.0. The zero-order valence-electron chi connectivity index (χ0n) is 15.4. The number of aryl methyl sites for hydroxylation is 1. The van der Waals surface area contributed by atoms with Crippen molar-refractivity contribution < 1.29 is 19.1 Å². The number of aromatic nitrogens is 2. The van der Waals surface area contributed by atoms with E-state index in [9.17, 15) is 9.59 Å². The van der Waals surface area contributed by atoms with Gasteiger partial charge in [0, 0.05) is 23.7 Å². The molecule has 4 rings (SSSR count). The van der Waals surface area contributed by atoms with E-state index in [1.807, 2.05) is 23.7 Å². The second-order valence-electron chi connectivity index (χ2n) is 6.38. The summed E-state index contributed by atoms with van der Waals surface area (Å²) in [5.74, 6) is 0.447. The van der Waals surface area contributed by atoms with Gasteiger partial charge in [0.15, 0.2) is 6.61 Å². The Hall–Kier alpha value is -3.81. The third kappa shape index (κ3) is 2.94. The summed E-state index contributed by atoms with van der Waals surface area (Å²) in [7, 11) is 3.43. The van der Waals surface area contributed by atoms with Gasteiger partial charge in [0.2, 0.25) is 5.91 Å². The standard InChI is InChI=1S/C20H18N4O4/c1-24-10-22-18(13-7-12(20(21)26)4-6-15(13)27-2)19(24)11-3-5-14-16(8-11)28-9-17(25)23-14/h3-8,10H,9H2,1-2H3,(H2,21,26)(H,23,25). The number of ether oxygens (including phenoxy) is 2. The van der Waals surface area contributed by atoms with Crippen LogP contribution in [0.15, 0.2) is 42.7 Å². The number of nitrogens with two attached hydrogens (primary N) is 1. The van der Waals surface area contributed by atoms with E-state index in [2.05, 4.69) is 10.3 Å². The molecule has 8 nitrogen and oxygen atoms in total. The number of benzene rings is 2. The van der Waals surface area contributed by atoms with Crippen LogP contribution in [0.2, 0.25) is 0 Å². The predicted molar refractivity (Wildman–Crippen MR) is 103 cm³/mol. The van der Waals surface area contributed by atoms with Crippen molar-refractivity contribution in [3.05, 3.63) is 48.3 Å². The van der Waals surface area contributed by atoms with E-state index in [0.717, 1.165) is 11.3 Å². The van der Waals surface area contributed by atoms with Crippen molar-refractivity contribution >= 4 is 17.5 Å². The number of carbonyl (C=O) groups is 2. The number of nitrogens with zero attached hydrogens (tertiary/aromatic N) is 2. The van der Waals surface area contributed by atoms with Crippen LogP contribution in [0.25, 0.3) is 22.5 Å². The Balaban J connectivity index is 1.87. The Bertz CT molecular complexity index is 1100. The molecule has 0 bridgehead atoms. The molecule has 2 aromatic carbocycles. The lowest BCUT2D eigenvalue weighted by Gasteiger charge is -2.19. The number of primary amides is 1.